The molecule has 1 N–H and O–H groups in total. The Kier molecular flexibility index (Phi) is 3.19. The zero-order valence-corrected chi connectivity index (χ0v) is 8.04. The van der Waals surface area contributed by atoms with Crippen LogP contribution < -0.4 is 0 Å². The number of ether oxygens (including phenoxy) is 1. The first-order valence-corrected chi connectivity index (χ1v) is 4.29. The van der Waals surface area contributed by atoms with Gasteiger partial charge in [-0.3, -0.25) is 0 Å². The van der Waals surface area contributed by atoms with Crippen LogP contribution in [0, 0.1) is 0 Å². The van der Waals surface area contributed by atoms with E-state index in [1.807, 2.05) is 0 Å². The second kappa shape index (κ2) is 4.18. The summed E-state index contributed by atoms with van der Waals surface area (Å²) >= 11 is 4.01. The van der Waals surface area contributed by atoms with Crippen molar-refractivity contribution in [1.29, 1.82) is 0 Å². The van der Waals surface area contributed by atoms with Gasteiger partial charge in [0.25, 0.3) is 0 Å². The lowest BCUT2D eigenvalue weighted by molar-refractivity contribution is 0.0523. The highest BCUT2D eigenvalue weighted by molar-refractivity contribution is 7.80. The molecule has 0 radical (unpaired) electrons. The molecule has 0 amide bonds. The normalized spacial score (nSPS) is 9.69. The number of esters is 1. The van der Waals surface area contributed by atoms with Gasteiger partial charge in [0.05, 0.1) is 6.61 Å². The van der Waals surface area contributed by atoms with Gasteiger partial charge in [-0.05, 0) is 25.1 Å². The van der Waals surface area contributed by atoms with Crippen molar-refractivity contribution in [2.24, 2.45) is 0 Å². The minimum Gasteiger partial charge on any atom is -0.507 e. The number of hydrogen-bond acceptors (Lipinski definition) is 4. The molecule has 0 aromatic heterocycles. The molecule has 3 nitrogen and oxygen atoms in total. The fourth-order valence-electron chi connectivity index (χ4n) is 0.901. The first-order chi connectivity index (χ1) is 6.15. The smallest absolute Gasteiger partial charge is 0.341 e. The largest absolute Gasteiger partial charge is 0.507 e. The van der Waals surface area contributed by atoms with Crippen LogP contribution in [0.3, 0.4) is 0 Å². The topological polar surface area (TPSA) is 46.5 Å². The van der Waals surface area contributed by atoms with E-state index in [9.17, 15) is 9.90 Å². The summed E-state index contributed by atoms with van der Waals surface area (Å²) in [6.45, 7) is 2.00. The van der Waals surface area contributed by atoms with Crippen molar-refractivity contribution in [1.82, 2.24) is 0 Å². The average Bonchev–Trinajstić information content (AvgIpc) is 2.04. The second-order valence-corrected chi connectivity index (χ2v) is 2.94. The summed E-state index contributed by atoms with van der Waals surface area (Å²) in [5.74, 6) is -0.626. The van der Waals surface area contributed by atoms with E-state index in [0.29, 0.717) is 11.5 Å². The van der Waals surface area contributed by atoms with Crippen molar-refractivity contribution < 1.29 is 14.6 Å². The van der Waals surface area contributed by atoms with Gasteiger partial charge in [0, 0.05) is 4.90 Å². The quantitative estimate of drug-likeness (QED) is 0.563. The monoisotopic (exact) mass is 198 g/mol. The number of carbonyl (C=O) groups excluding carboxylic acids is 1. The molecule has 0 saturated heterocycles. The lowest BCUT2D eigenvalue weighted by Crippen LogP contribution is -2.04. The van der Waals surface area contributed by atoms with Crippen molar-refractivity contribution in [3.63, 3.8) is 0 Å². The molecule has 0 heterocycles. The van der Waals surface area contributed by atoms with E-state index in [4.69, 9.17) is 4.74 Å². The highest BCUT2D eigenvalue weighted by Gasteiger charge is 2.11. The van der Waals surface area contributed by atoms with Crippen LogP contribution in [0.4, 0.5) is 0 Å². The Morgan fingerprint density at radius 2 is 2.31 bits per heavy atom. The number of hydrogen-bond donors (Lipinski definition) is 2. The van der Waals surface area contributed by atoms with Crippen molar-refractivity contribution >= 4 is 18.6 Å². The van der Waals surface area contributed by atoms with Crippen molar-refractivity contribution in [3.05, 3.63) is 23.8 Å². The second-order valence-electron chi connectivity index (χ2n) is 2.42. The van der Waals surface area contributed by atoms with Gasteiger partial charge in [0.2, 0.25) is 0 Å². The molecule has 13 heavy (non-hydrogen) atoms. The Bertz CT molecular complexity index is 323. The predicted octanol–water partition coefficient (Wildman–Crippen LogP) is 1.86. The van der Waals surface area contributed by atoms with Crippen molar-refractivity contribution in [2.75, 3.05) is 6.61 Å². The Labute approximate surface area is 81.8 Å². The minimum absolute atomic E-state index is 0.106. The fourth-order valence-corrected chi connectivity index (χ4v) is 1.10. The van der Waals surface area contributed by atoms with E-state index in [1.54, 1.807) is 13.0 Å². The summed E-state index contributed by atoms with van der Waals surface area (Å²) in [4.78, 5) is 11.8. The molecule has 1 aromatic carbocycles. The maximum absolute atomic E-state index is 11.2. The summed E-state index contributed by atoms with van der Waals surface area (Å²) in [7, 11) is 0. The highest BCUT2D eigenvalue weighted by Crippen LogP contribution is 2.21. The van der Waals surface area contributed by atoms with E-state index in [2.05, 4.69) is 12.6 Å². The van der Waals surface area contributed by atoms with Crippen molar-refractivity contribution in [2.45, 2.75) is 11.8 Å². The van der Waals surface area contributed by atoms with Crippen LogP contribution >= 0.6 is 12.6 Å². The molecule has 0 spiro atoms. The zero-order chi connectivity index (χ0) is 9.84. The number of rotatable bonds is 2. The maximum atomic E-state index is 11.2. The Hall–Kier alpha value is -1.16. The molecule has 70 valence electrons. The van der Waals surface area contributed by atoms with E-state index in [-0.39, 0.29) is 11.3 Å². The van der Waals surface area contributed by atoms with E-state index >= 15 is 0 Å². The summed E-state index contributed by atoms with van der Waals surface area (Å²) in [6.07, 6.45) is 0. The molecule has 4 heteroatoms. The summed E-state index contributed by atoms with van der Waals surface area (Å²) in [6, 6.07) is 4.50. The predicted molar refractivity (Wildman–Crippen MR) is 51.3 cm³/mol. The molecule has 0 aliphatic heterocycles. The van der Waals surface area contributed by atoms with Crippen LogP contribution in [-0.4, -0.2) is 17.7 Å². The number of phenolic OH excluding ortho intramolecular Hbond substituents is 1. The lowest BCUT2D eigenvalue weighted by Gasteiger charge is -2.03. The summed E-state index contributed by atoms with van der Waals surface area (Å²) < 4.78 is 4.72. The van der Waals surface area contributed by atoms with E-state index < -0.39 is 5.97 Å². The SMILES string of the molecule is CCOC(=O)c1ccc(S)cc1O. The molecule has 0 aliphatic rings. The number of carbonyl (C=O) groups is 1. The van der Waals surface area contributed by atoms with Gasteiger partial charge in [-0.1, -0.05) is 0 Å². The van der Waals surface area contributed by atoms with E-state index in [1.165, 1.54) is 12.1 Å². The first kappa shape index (κ1) is 9.92. The van der Waals surface area contributed by atoms with Gasteiger partial charge < -0.3 is 9.84 Å². The van der Waals surface area contributed by atoms with Gasteiger partial charge in [-0.25, -0.2) is 4.79 Å². The zero-order valence-electron chi connectivity index (χ0n) is 7.15. The average molecular weight is 198 g/mol. The molecule has 0 aliphatic carbocycles. The van der Waals surface area contributed by atoms with Crippen LogP contribution in [0.1, 0.15) is 17.3 Å². The third-order valence-electron chi connectivity index (χ3n) is 1.48. The van der Waals surface area contributed by atoms with Crippen LogP contribution in [0.5, 0.6) is 5.75 Å². The Morgan fingerprint density at radius 3 is 2.85 bits per heavy atom. The van der Waals surface area contributed by atoms with Crippen LogP contribution in [-0.2, 0) is 4.74 Å². The molecule has 1 aromatic rings. The van der Waals surface area contributed by atoms with E-state index in [0.717, 1.165) is 0 Å². The molecule has 0 unspecified atom stereocenters. The maximum Gasteiger partial charge on any atom is 0.341 e. The number of phenols is 1. The van der Waals surface area contributed by atoms with Crippen molar-refractivity contribution in [3.8, 4) is 5.75 Å². The first-order valence-electron chi connectivity index (χ1n) is 3.84. The van der Waals surface area contributed by atoms with Gasteiger partial charge in [-0.2, -0.15) is 0 Å². The molecule has 0 saturated carbocycles. The molecule has 0 bridgehead atoms. The molecular weight excluding hydrogens is 188 g/mol. The third-order valence-corrected chi connectivity index (χ3v) is 1.75. The van der Waals surface area contributed by atoms with Gasteiger partial charge in [-0.15, -0.1) is 12.6 Å². The lowest BCUT2D eigenvalue weighted by atomic mass is 10.2. The molecule has 1 rings (SSSR count). The van der Waals surface area contributed by atoms with Gasteiger partial charge in [0.15, 0.2) is 0 Å². The Balaban J connectivity index is 2.95. The molecular formula is C9H10O3S. The molecule has 0 atom stereocenters. The van der Waals surface area contributed by atoms with Gasteiger partial charge in [0.1, 0.15) is 11.3 Å². The summed E-state index contributed by atoms with van der Waals surface area (Å²) in [5, 5.41) is 9.34. The van der Waals surface area contributed by atoms with Gasteiger partial charge >= 0.3 is 5.97 Å². The fraction of sp³-hybridized carbons (Fsp3) is 0.222. The van der Waals surface area contributed by atoms with Crippen LogP contribution in [0.2, 0.25) is 0 Å². The number of benzene rings is 1. The highest BCUT2D eigenvalue weighted by atomic mass is 32.1. The number of thiol groups is 1. The minimum atomic E-state index is -0.520. The van der Waals surface area contributed by atoms with Crippen LogP contribution in [0.25, 0.3) is 0 Å². The molecule has 0 fully saturated rings. The third kappa shape index (κ3) is 2.39. The summed E-state index contributed by atoms with van der Waals surface area (Å²) in [5.41, 5.74) is 0.166. The van der Waals surface area contributed by atoms with Crippen LogP contribution in [0.15, 0.2) is 23.1 Å². The number of aromatic hydroxyl groups is 1. The standard InChI is InChI=1S/C9H10O3S/c1-2-12-9(11)7-4-3-6(13)5-8(7)10/h3-5,10,13H,2H2,1H3. The Morgan fingerprint density at radius 1 is 1.62 bits per heavy atom.